The quantitative estimate of drug-likeness (QED) is 0.230. The van der Waals surface area contributed by atoms with E-state index in [1.807, 2.05) is 32.0 Å². The van der Waals surface area contributed by atoms with Crippen LogP contribution in [0.2, 0.25) is 0 Å². The average molecular weight is 534 g/mol. The Morgan fingerprint density at radius 3 is 1.85 bits per heavy atom. The number of amides is 1. The summed E-state index contributed by atoms with van der Waals surface area (Å²) in [7, 11) is 0. The summed E-state index contributed by atoms with van der Waals surface area (Å²) in [4.78, 5) is 24.6. The van der Waals surface area contributed by atoms with Gasteiger partial charge in [0, 0.05) is 12.1 Å². The van der Waals surface area contributed by atoms with Gasteiger partial charge in [0.1, 0.15) is 17.2 Å². The third-order valence-electron chi connectivity index (χ3n) is 5.90. The van der Waals surface area contributed by atoms with Crippen LogP contribution in [0.1, 0.15) is 78.5 Å². The first kappa shape index (κ1) is 31.4. The molecule has 6 heteroatoms. The maximum absolute atomic E-state index is 12.6. The zero-order chi connectivity index (χ0) is 29.2. The van der Waals surface area contributed by atoms with Gasteiger partial charge in [-0.25, -0.2) is 4.79 Å². The third-order valence-corrected chi connectivity index (χ3v) is 5.90. The fourth-order valence-corrected chi connectivity index (χ4v) is 3.89. The number of carbonyl (C=O) groups excluding carboxylic acids is 2. The molecule has 0 saturated heterocycles. The molecule has 2 N–H and O–H groups in total. The Bertz CT molecular complexity index is 1180. The second-order valence-electron chi connectivity index (χ2n) is 11.2. The second kappa shape index (κ2) is 13.8. The molecular weight excluding hydrogens is 490 g/mol. The Morgan fingerprint density at radius 1 is 0.795 bits per heavy atom. The molecule has 39 heavy (non-hydrogen) atoms. The highest BCUT2D eigenvalue weighted by atomic mass is 16.6. The van der Waals surface area contributed by atoms with Crippen molar-refractivity contribution in [2.24, 2.45) is 0 Å². The van der Waals surface area contributed by atoms with Crippen LogP contribution in [-0.4, -0.2) is 23.6 Å². The number of carbonyl (C=O) groups is 2. The van der Waals surface area contributed by atoms with Gasteiger partial charge in [-0.2, -0.15) is 0 Å². The maximum atomic E-state index is 12.6. The molecule has 0 heterocycles. The first-order valence-electron chi connectivity index (χ1n) is 13.5. The molecule has 0 atom stereocenters. The maximum Gasteiger partial charge on any atom is 0.349 e. The zero-order valence-electron chi connectivity index (χ0n) is 24.6. The number of phenols is 1. The van der Waals surface area contributed by atoms with E-state index in [1.54, 1.807) is 48.5 Å². The van der Waals surface area contributed by atoms with Crippen LogP contribution < -0.4 is 14.8 Å². The van der Waals surface area contributed by atoms with E-state index >= 15 is 0 Å². The Hall–Kier alpha value is -3.80. The van der Waals surface area contributed by atoms with E-state index in [9.17, 15) is 14.7 Å². The Kier molecular flexibility index (Phi) is 11.1. The van der Waals surface area contributed by atoms with Crippen LogP contribution in [0.3, 0.4) is 0 Å². The number of nitrogens with one attached hydrogen (secondary N) is 1. The van der Waals surface area contributed by atoms with Crippen molar-refractivity contribution in [1.82, 2.24) is 0 Å². The molecule has 6 nitrogen and oxygen atoms in total. The standard InChI is InChI=1S/C31H37NO5.C2H6/c1-30(2,3)25-18-21(19-26(29(25)35)31(4,5)6)12-17-27(33)32-22-13-15-23(16-14-22)36-20-28(34)37-24-10-8-7-9-11-24;1-2/h7-11,13-16,18-19,35H,12,17,20H2,1-6H3,(H,32,33);1-2H3. The number of benzene rings is 3. The first-order chi connectivity index (χ1) is 18.3. The van der Waals surface area contributed by atoms with Crippen molar-refractivity contribution in [1.29, 1.82) is 0 Å². The molecule has 0 fully saturated rings. The lowest BCUT2D eigenvalue weighted by Gasteiger charge is -2.28. The molecule has 3 aromatic rings. The summed E-state index contributed by atoms with van der Waals surface area (Å²) in [5.41, 5.74) is 3.00. The lowest BCUT2D eigenvalue weighted by molar-refractivity contribution is -0.136. The number of aromatic hydroxyl groups is 1. The van der Waals surface area contributed by atoms with Crippen molar-refractivity contribution in [3.63, 3.8) is 0 Å². The van der Waals surface area contributed by atoms with E-state index in [1.165, 1.54) is 0 Å². The number of hydrogen-bond acceptors (Lipinski definition) is 5. The summed E-state index contributed by atoms with van der Waals surface area (Å²) in [6.45, 7) is 16.2. The fourth-order valence-electron chi connectivity index (χ4n) is 3.89. The van der Waals surface area contributed by atoms with Gasteiger partial charge in [0.25, 0.3) is 0 Å². The molecular formula is C33H43NO5. The minimum atomic E-state index is -0.498. The molecule has 1 amide bonds. The van der Waals surface area contributed by atoms with E-state index < -0.39 is 5.97 Å². The smallest absolute Gasteiger partial charge is 0.349 e. The molecule has 0 spiro atoms. The van der Waals surface area contributed by atoms with Gasteiger partial charge >= 0.3 is 5.97 Å². The lowest BCUT2D eigenvalue weighted by atomic mass is 9.78. The summed E-state index contributed by atoms with van der Waals surface area (Å²) in [6, 6.07) is 19.7. The fraction of sp³-hybridized carbons (Fsp3) is 0.394. The van der Waals surface area contributed by atoms with Crippen LogP contribution in [0.25, 0.3) is 0 Å². The molecule has 0 aromatic heterocycles. The molecule has 0 saturated carbocycles. The average Bonchev–Trinajstić information content (AvgIpc) is 2.88. The highest BCUT2D eigenvalue weighted by Gasteiger charge is 2.26. The van der Waals surface area contributed by atoms with Gasteiger partial charge in [0.05, 0.1) is 0 Å². The first-order valence-corrected chi connectivity index (χ1v) is 13.5. The Labute approximate surface area is 233 Å². The SMILES string of the molecule is CC.CC(C)(C)c1cc(CCC(=O)Nc2ccc(OCC(=O)Oc3ccccc3)cc2)cc(C(C)(C)C)c1O. The number of rotatable bonds is 8. The van der Waals surface area contributed by atoms with Crippen LogP contribution in [0, 0.1) is 0 Å². The second-order valence-corrected chi connectivity index (χ2v) is 11.2. The topological polar surface area (TPSA) is 84.9 Å². The monoisotopic (exact) mass is 533 g/mol. The molecule has 0 aliphatic carbocycles. The number of phenolic OH excluding ortho intramolecular Hbond substituents is 1. The highest BCUT2D eigenvalue weighted by molar-refractivity contribution is 5.90. The van der Waals surface area contributed by atoms with E-state index in [4.69, 9.17) is 9.47 Å². The molecule has 0 radical (unpaired) electrons. The molecule has 210 valence electrons. The number of esters is 1. The van der Waals surface area contributed by atoms with Crippen LogP contribution >= 0.6 is 0 Å². The molecule has 0 aliphatic heterocycles. The minimum Gasteiger partial charge on any atom is -0.507 e. The Balaban J connectivity index is 0.00000260. The van der Waals surface area contributed by atoms with Crippen LogP contribution in [0.4, 0.5) is 5.69 Å². The highest BCUT2D eigenvalue weighted by Crippen LogP contribution is 2.40. The Morgan fingerprint density at radius 2 is 1.33 bits per heavy atom. The van der Waals surface area contributed by atoms with E-state index in [0.29, 0.717) is 35.8 Å². The molecule has 0 aliphatic rings. The van der Waals surface area contributed by atoms with Crippen molar-refractivity contribution in [3.8, 4) is 17.2 Å². The van der Waals surface area contributed by atoms with Gasteiger partial charge in [-0.15, -0.1) is 0 Å². The van der Waals surface area contributed by atoms with Gasteiger partial charge in [-0.1, -0.05) is 85.7 Å². The number of anilines is 1. The van der Waals surface area contributed by atoms with Crippen molar-refractivity contribution in [3.05, 3.63) is 83.4 Å². The van der Waals surface area contributed by atoms with Crippen molar-refractivity contribution in [2.45, 2.75) is 79.1 Å². The summed E-state index contributed by atoms with van der Waals surface area (Å²) in [5, 5.41) is 13.8. The zero-order valence-corrected chi connectivity index (χ0v) is 24.6. The van der Waals surface area contributed by atoms with Gasteiger partial charge in [-0.05, 0) is 70.3 Å². The normalized spacial score (nSPS) is 11.2. The van der Waals surface area contributed by atoms with Gasteiger partial charge in [0.2, 0.25) is 5.91 Å². The van der Waals surface area contributed by atoms with Gasteiger partial charge in [-0.3, -0.25) is 4.79 Å². The molecule has 0 bridgehead atoms. The van der Waals surface area contributed by atoms with Crippen molar-refractivity contribution in [2.75, 3.05) is 11.9 Å². The number of hydrogen-bond donors (Lipinski definition) is 2. The number of ether oxygens (including phenoxy) is 2. The third kappa shape index (κ3) is 9.78. The number of aryl methyl sites for hydroxylation is 1. The molecule has 3 rings (SSSR count). The largest absolute Gasteiger partial charge is 0.507 e. The van der Waals surface area contributed by atoms with Crippen LogP contribution in [0.5, 0.6) is 17.2 Å². The summed E-state index contributed by atoms with van der Waals surface area (Å²) in [5.74, 6) is 0.691. The van der Waals surface area contributed by atoms with Gasteiger partial charge in [0.15, 0.2) is 6.61 Å². The van der Waals surface area contributed by atoms with Crippen molar-refractivity contribution >= 4 is 17.6 Å². The summed E-state index contributed by atoms with van der Waals surface area (Å²) < 4.78 is 10.7. The lowest BCUT2D eigenvalue weighted by Crippen LogP contribution is -2.18. The molecule has 3 aromatic carbocycles. The van der Waals surface area contributed by atoms with Crippen LogP contribution in [0.15, 0.2) is 66.7 Å². The summed E-state index contributed by atoms with van der Waals surface area (Å²) in [6.07, 6.45) is 0.866. The van der Waals surface area contributed by atoms with E-state index in [2.05, 4.69) is 46.9 Å². The van der Waals surface area contributed by atoms with E-state index in [-0.39, 0.29) is 23.3 Å². The van der Waals surface area contributed by atoms with E-state index in [0.717, 1.165) is 16.7 Å². The summed E-state index contributed by atoms with van der Waals surface area (Å²) >= 11 is 0. The van der Waals surface area contributed by atoms with Crippen molar-refractivity contribution < 1.29 is 24.2 Å². The van der Waals surface area contributed by atoms with Gasteiger partial charge < -0.3 is 19.9 Å². The predicted molar refractivity (Wildman–Crippen MR) is 158 cm³/mol. The molecule has 0 unspecified atom stereocenters. The predicted octanol–water partition coefficient (Wildman–Crippen LogP) is 7.57. The van der Waals surface area contributed by atoms with Crippen LogP contribution in [-0.2, 0) is 26.8 Å². The number of para-hydroxylation sites is 1. The minimum absolute atomic E-state index is 0.109.